The normalized spacial score (nSPS) is 12.0. The van der Waals surface area contributed by atoms with Crippen LogP contribution >= 0.6 is 11.6 Å². The first-order chi connectivity index (χ1) is 7.92. The fourth-order valence-electron chi connectivity index (χ4n) is 1.12. The zero-order valence-electron chi connectivity index (χ0n) is 9.72. The van der Waals surface area contributed by atoms with E-state index in [1.165, 1.54) is 12.4 Å². The summed E-state index contributed by atoms with van der Waals surface area (Å²) in [4.78, 5) is 9.26. The molecule has 96 valence electrons. The number of hydrogen-bond acceptors (Lipinski definition) is 5. The standard InChI is InChI=1S/C9H15ClN4O2S/c1-14(2)5-3-4-13-17(15,16)8-6-11-9(10)12-7-8/h6-7,13H,3-5H2,1-2H3. The monoisotopic (exact) mass is 278 g/mol. The van der Waals surface area contributed by atoms with Crippen LogP contribution in [0.3, 0.4) is 0 Å². The molecule has 0 amide bonds. The quantitative estimate of drug-likeness (QED) is 0.601. The lowest BCUT2D eigenvalue weighted by atomic mass is 10.4. The Labute approximate surface area is 106 Å². The first kappa shape index (κ1) is 14.3. The van der Waals surface area contributed by atoms with Crippen molar-refractivity contribution in [1.29, 1.82) is 0 Å². The van der Waals surface area contributed by atoms with E-state index in [9.17, 15) is 8.42 Å². The second-order valence-corrected chi connectivity index (χ2v) is 5.85. The molecule has 0 bridgehead atoms. The average molecular weight is 279 g/mol. The zero-order valence-corrected chi connectivity index (χ0v) is 11.3. The molecular formula is C9H15ClN4O2S. The van der Waals surface area contributed by atoms with Crippen molar-refractivity contribution >= 4 is 21.6 Å². The first-order valence-corrected chi connectivity index (χ1v) is 6.90. The lowest BCUT2D eigenvalue weighted by Gasteiger charge is -2.10. The molecule has 1 aromatic rings. The third kappa shape index (κ3) is 4.95. The Morgan fingerprint density at radius 3 is 2.47 bits per heavy atom. The summed E-state index contributed by atoms with van der Waals surface area (Å²) in [5.41, 5.74) is 0. The highest BCUT2D eigenvalue weighted by Crippen LogP contribution is 2.07. The fraction of sp³-hybridized carbons (Fsp3) is 0.556. The van der Waals surface area contributed by atoms with Crippen molar-refractivity contribution in [2.45, 2.75) is 11.3 Å². The predicted molar refractivity (Wildman–Crippen MR) is 65.4 cm³/mol. The Bertz CT molecular complexity index is 447. The van der Waals surface area contributed by atoms with E-state index in [1.807, 2.05) is 19.0 Å². The lowest BCUT2D eigenvalue weighted by Crippen LogP contribution is -2.27. The number of nitrogens with one attached hydrogen (secondary N) is 1. The topological polar surface area (TPSA) is 75.2 Å². The highest BCUT2D eigenvalue weighted by molar-refractivity contribution is 7.89. The van der Waals surface area contributed by atoms with Crippen LogP contribution in [0.1, 0.15) is 6.42 Å². The van der Waals surface area contributed by atoms with Gasteiger partial charge in [-0.05, 0) is 38.7 Å². The second kappa shape index (κ2) is 6.25. The number of nitrogens with zero attached hydrogens (tertiary/aromatic N) is 3. The van der Waals surface area contributed by atoms with Gasteiger partial charge in [0.25, 0.3) is 0 Å². The molecule has 0 aromatic carbocycles. The average Bonchev–Trinajstić information content (AvgIpc) is 2.25. The summed E-state index contributed by atoms with van der Waals surface area (Å²) in [5.74, 6) is 0. The van der Waals surface area contributed by atoms with E-state index in [4.69, 9.17) is 11.6 Å². The van der Waals surface area contributed by atoms with Gasteiger partial charge in [-0.25, -0.2) is 23.1 Å². The predicted octanol–water partition coefficient (Wildman–Crippen LogP) is 0.360. The van der Waals surface area contributed by atoms with E-state index >= 15 is 0 Å². The summed E-state index contributed by atoms with van der Waals surface area (Å²) in [6.45, 7) is 1.20. The number of hydrogen-bond donors (Lipinski definition) is 1. The molecule has 6 nitrogen and oxygen atoms in total. The van der Waals surface area contributed by atoms with Crippen LogP contribution in [0.25, 0.3) is 0 Å². The Hall–Kier alpha value is -0.760. The molecule has 0 spiro atoms. The molecule has 17 heavy (non-hydrogen) atoms. The van der Waals surface area contributed by atoms with Gasteiger partial charge in [-0.2, -0.15) is 0 Å². The molecule has 8 heteroatoms. The van der Waals surface area contributed by atoms with Crippen molar-refractivity contribution in [1.82, 2.24) is 19.6 Å². The van der Waals surface area contributed by atoms with Crippen LogP contribution in [0, 0.1) is 0 Å². The van der Waals surface area contributed by atoms with Crippen molar-refractivity contribution in [2.24, 2.45) is 0 Å². The van der Waals surface area contributed by atoms with Crippen LogP contribution in [0.2, 0.25) is 5.28 Å². The van der Waals surface area contributed by atoms with Gasteiger partial charge in [0.05, 0.1) is 12.4 Å². The highest BCUT2D eigenvalue weighted by Gasteiger charge is 2.14. The van der Waals surface area contributed by atoms with Crippen LogP contribution in [-0.2, 0) is 10.0 Å². The Morgan fingerprint density at radius 2 is 1.94 bits per heavy atom. The van der Waals surface area contributed by atoms with Gasteiger partial charge in [-0.1, -0.05) is 0 Å². The third-order valence-corrected chi connectivity index (χ3v) is 3.59. The van der Waals surface area contributed by atoms with Gasteiger partial charge < -0.3 is 4.90 Å². The summed E-state index contributed by atoms with van der Waals surface area (Å²) in [6, 6.07) is 0. The molecule has 0 fully saturated rings. The minimum absolute atomic E-state index is 0.0201. The van der Waals surface area contributed by atoms with Crippen LogP contribution in [0.5, 0.6) is 0 Å². The van der Waals surface area contributed by atoms with Gasteiger partial charge in [-0.15, -0.1) is 0 Å². The lowest BCUT2D eigenvalue weighted by molar-refractivity contribution is 0.400. The molecule has 0 atom stereocenters. The maximum atomic E-state index is 11.7. The summed E-state index contributed by atoms with van der Waals surface area (Å²) < 4.78 is 26.0. The van der Waals surface area contributed by atoms with Crippen LogP contribution in [0.4, 0.5) is 0 Å². The summed E-state index contributed by atoms with van der Waals surface area (Å²) in [7, 11) is 0.337. The molecule has 1 heterocycles. The summed E-state index contributed by atoms with van der Waals surface area (Å²) in [6.07, 6.45) is 3.11. The maximum absolute atomic E-state index is 11.7. The van der Waals surface area contributed by atoms with Crippen molar-refractivity contribution in [2.75, 3.05) is 27.2 Å². The molecule has 1 rings (SSSR count). The zero-order chi connectivity index (χ0) is 12.9. The molecule has 0 radical (unpaired) electrons. The Kier molecular flexibility index (Phi) is 5.26. The van der Waals surface area contributed by atoms with Crippen molar-refractivity contribution in [3.8, 4) is 0 Å². The molecule has 0 unspecified atom stereocenters. The van der Waals surface area contributed by atoms with Gasteiger partial charge in [0.15, 0.2) is 0 Å². The van der Waals surface area contributed by atoms with Gasteiger partial charge in [0, 0.05) is 6.54 Å². The van der Waals surface area contributed by atoms with E-state index in [-0.39, 0.29) is 10.2 Å². The maximum Gasteiger partial charge on any atom is 0.243 e. The second-order valence-electron chi connectivity index (χ2n) is 3.74. The Balaban J connectivity index is 2.54. The summed E-state index contributed by atoms with van der Waals surface area (Å²) in [5, 5.41) is 0.0246. The molecule has 1 aromatic heterocycles. The van der Waals surface area contributed by atoms with E-state index < -0.39 is 10.0 Å². The van der Waals surface area contributed by atoms with Crippen LogP contribution < -0.4 is 4.72 Å². The minimum atomic E-state index is -3.53. The third-order valence-electron chi connectivity index (χ3n) is 1.98. The van der Waals surface area contributed by atoms with E-state index in [0.717, 1.165) is 13.0 Å². The number of sulfonamides is 1. The van der Waals surface area contributed by atoms with Crippen molar-refractivity contribution in [3.05, 3.63) is 17.7 Å². The first-order valence-electron chi connectivity index (χ1n) is 5.04. The molecule has 1 N–H and O–H groups in total. The smallest absolute Gasteiger partial charge is 0.243 e. The highest BCUT2D eigenvalue weighted by atomic mass is 35.5. The van der Waals surface area contributed by atoms with Crippen LogP contribution in [0.15, 0.2) is 17.3 Å². The van der Waals surface area contributed by atoms with Crippen molar-refractivity contribution < 1.29 is 8.42 Å². The van der Waals surface area contributed by atoms with Crippen LogP contribution in [-0.4, -0.2) is 50.5 Å². The number of aromatic nitrogens is 2. The van der Waals surface area contributed by atoms with E-state index in [2.05, 4.69) is 14.7 Å². The number of rotatable bonds is 6. The van der Waals surface area contributed by atoms with E-state index in [1.54, 1.807) is 0 Å². The van der Waals surface area contributed by atoms with E-state index in [0.29, 0.717) is 6.54 Å². The fourth-order valence-corrected chi connectivity index (χ4v) is 2.18. The molecule has 0 saturated carbocycles. The SMILES string of the molecule is CN(C)CCCNS(=O)(=O)c1cnc(Cl)nc1. The van der Waals surface area contributed by atoms with Gasteiger partial charge >= 0.3 is 0 Å². The molecule has 0 aliphatic rings. The molecule has 0 aliphatic heterocycles. The van der Waals surface area contributed by atoms with Gasteiger partial charge in [0.1, 0.15) is 4.90 Å². The largest absolute Gasteiger partial charge is 0.309 e. The van der Waals surface area contributed by atoms with Crippen molar-refractivity contribution in [3.63, 3.8) is 0 Å². The molecule has 0 aliphatic carbocycles. The Morgan fingerprint density at radius 1 is 1.35 bits per heavy atom. The van der Waals surface area contributed by atoms with Gasteiger partial charge in [0.2, 0.25) is 15.3 Å². The molecular weight excluding hydrogens is 264 g/mol. The van der Waals surface area contributed by atoms with Gasteiger partial charge in [-0.3, -0.25) is 0 Å². The molecule has 0 saturated heterocycles. The number of halogens is 1. The minimum Gasteiger partial charge on any atom is -0.309 e. The summed E-state index contributed by atoms with van der Waals surface area (Å²) >= 11 is 5.48.